The number of thioether (sulfide) groups is 1. The van der Waals surface area contributed by atoms with E-state index in [1.807, 2.05) is 23.9 Å². The van der Waals surface area contributed by atoms with Crippen LogP contribution in [0.3, 0.4) is 0 Å². The van der Waals surface area contributed by atoms with Gasteiger partial charge < -0.3 is 4.74 Å². The molecule has 0 aromatic heterocycles. The van der Waals surface area contributed by atoms with E-state index in [2.05, 4.69) is 24.8 Å². The molecule has 0 bridgehead atoms. The monoisotopic (exact) mass is 268 g/mol. The molecular formula is C14H20OS2. The van der Waals surface area contributed by atoms with E-state index in [9.17, 15) is 0 Å². The van der Waals surface area contributed by atoms with Crippen LogP contribution in [0.5, 0.6) is 5.75 Å². The smallest absolute Gasteiger partial charge is 0.132 e. The Hall–Kier alpha value is -0.280. The van der Waals surface area contributed by atoms with Crippen LogP contribution < -0.4 is 4.74 Å². The molecule has 0 spiro atoms. The maximum absolute atomic E-state index is 5.39. The van der Waals surface area contributed by atoms with Gasteiger partial charge in [-0.3, -0.25) is 0 Å². The second-order valence-corrected chi connectivity index (χ2v) is 6.14. The number of benzene rings is 1. The minimum Gasteiger partial charge on any atom is -0.496 e. The highest BCUT2D eigenvalue weighted by atomic mass is 32.2. The summed E-state index contributed by atoms with van der Waals surface area (Å²) in [6, 6.07) is 8.27. The van der Waals surface area contributed by atoms with Gasteiger partial charge in [0.1, 0.15) is 5.75 Å². The molecule has 1 saturated carbocycles. The van der Waals surface area contributed by atoms with Gasteiger partial charge in [-0.25, -0.2) is 0 Å². The zero-order chi connectivity index (χ0) is 12.1. The Labute approximate surface area is 114 Å². The summed E-state index contributed by atoms with van der Waals surface area (Å²) in [5, 5.41) is 0. The third-order valence-electron chi connectivity index (χ3n) is 3.60. The van der Waals surface area contributed by atoms with E-state index < -0.39 is 0 Å². The first kappa shape index (κ1) is 13.2. The molecule has 94 valence electrons. The Balaban J connectivity index is 2.01. The van der Waals surface area contributed by atoms with Crippen molar-refractivity contribution in [2.45, 2.75) is 30.6 Å². The number of rotatable bonds is 5. The topological polar surface area (TPSA) is 9.23 Å². The van der Waals surface area contributed by atoms with Gasteiger partial charge in [-0.2, -0.15) is 12.6 Å². The number of thiol groups is 1. The van der Waals surface area contributed by atoms with Crippen molar-refractivity contribution in [3.63, 3.8) is 0 Å². The highest BCUT2D eigenvalue weighted by molar-refractivity contribution is 7.99. The third kappa shape index (κ3) is 3.14. The van der Waals surface area contributed by atoms with E-state index in [4.69, 9.17) is 4.74 Å². The van der Waals surface area contributed by atoms with Crippen LogP contribution in [-0.2, 0) is 0 Å². The molecule has 0 unspecified atom stereocenters. The average molecular weight is 268 g/mol. The van der Waals surface area contributed by atoms with Crippen molar-refractivity contribution < 1.29 is 4.74 Å². The molecule has 0 saturated heterocycles. The normalized spacial score (nSPS) is 18.2. The summed E-state index contributed by atoms with van der Waals surface area (Å²) in [4.78, 5) is 1.25. The molecule has 1 nitrogen and oxygen atoms in total. The van der Waals surface area contributed by atoms with Gasteiger partial charge in [0.15, 0.2) is 0 Å². The zero-order valence-corrected chi connectivity index (χ0v) is 12.0. The summed E-state index contributed by atoms with van der Waals surface area (Å²) in [5.74, 6) is 3.16. The Morgan fingerprint density at radius 2 is 2.00 bits per heavy atom. The molecular weight excluding hydrogens is 248 g/mol. The fraction of sp³-hybridized carbons (Fsp3) is 0.571. The molecule has 0 atom stereocenters. The molecule has 0 heterocycles. The lowest BCUT2D eigenvalue weighted by Crippen LogP contribution is -2.21. The number of ether oxygens (including phenoxy) is 1. The van der Waals surface area contributed by atoms with Crippen LogP contribution in [0.15, 0.2) is 29.2 Å². The van der Waals surface area contributed by atoms with Gasteiger partial charge in [0.05, 0.1) is 7.11 Å². The van der Waals surface area contributed by atoms with E-state index in [0.717, 1.165) is 17.3 Å². The number of para-hydroxylation sites is 1. The highest BCUT2D eigenvalue weighted by Gasteiger charge is 2.32. The van der Waals surface area contributed by atoms with Crippen LogP contribution in [-0.4, -0.2) is 18.6 Å². The molecule has 0 amide bonds. The molecule has 2 rings (SSSR count). The molecule has 0 N–H and O–H groups in total. The molecule has 0 radical (unpaired) electrons. The molecule has 1 aromatic carbocycles. The Morgan fingerprint density at radius 3 is 2.65 bits per heavy atom. The molecule has 17 heavy (non-hydrogen) atoms. The van der Waals surface area contributed by atoms with Gasteiger partial charge in [0, 0.05) is 10.6 Å². The first-order valence-electron chi connectivity index (χ1n) is 6.16. The predicted molar refractivity (Wildman–Crippen MR) is 78.5 cm³/mol. The number of hydrogen-bond donors (Lipinski definition) is 1. The van der Waals surface area contributed by atoms with Crippen LogP contribution in [0.4, 0.5) is 0 Å². The SMILES string of the molecule is COc1ccccc1SCC1(CS)CCCC1. The first-order chi connectivity index (χ1) is 8.29. The largest absolute Gasteiger partial charge is 0.496 e. The Bertz CT molecular complexity index is 359. The van der Waals surface area contributed by atoms with Crippen molar-refractivity contribution in [3.8, 4) is 5.75 Å². The van der Waals surface area contributed by atoms with Gasteiger partial charge in [-0.1, -0.05) is 25.0 Å². The second-order valence-electron chi connectivity index (χ2n) is 4.80. The van der Waals surface area contributed by atoms with Crippen molar-refractivity contribution in [2.75, 3.05) is 18.6 Å². The van der Waals surface area contributed by atoms with Gasteiger partial charge in [-0.05, 0) is 36.1 Å². The van der Waals surface area contributed by atoms with Gasteiger partial charge in [0.2, 0.25) is 0 Å². The van der Waals surface area contributed by atoms with E-state index >= 15 is 0 Å². The lowest BCUT2D eigenvalue weighted by Gasteiger charge is -2.26. The minimum atomic E-state index is 0.453. The summed E-state index contributed by atoms with van der Waals surface area (Å²) in [5.41, 5.74) is 0.453. The predicted octanol–water partition coefficient (Wildman–Crippen LogP) is 4.28. The average Bonchev–Trinajstić information content (AvgIpc) is 2.86. The lowest BCUT2D eigenvalue weighted by molar-refractivity contribution is 0.398. The van der Waals surface area contributed by atoms with Crippen molar-refractivity contribution in [2.24, 2.45) is 5.41 Å². The van der Waals surface area contributed by atoms with Gasteiger partial charge >= 0.3 is 0 Å². The van der Waals surface area contributed by atoms with Crippen LogP contribution in [0.2, 0.25) is 0 Å². The van der Waals surface area contributed by atoms with Crippen LogP contribution in [0.25, 0.3) is 0 Å². The molecule has 0 aliphatic heterocycles. The second kappa shape index (κ2) is 6.05. The van der Waals surface area contributed by atoms with Crippen LogP contribution in [0, 0.1) is 5.41 Å². The quantitative estimate of drug-likeness (QED) is 0.630. The van der Waals surface area contributed by atoms with Gasteiger partial charge in [0.25, 0.3) is 0 Å². The summed E-state index contributed by atoms with van der Waals surface area (Å²) < 4.78 is 5.39. The summed E-state index contributed by atoms with van der Waals surface area (Å²) in [7, 11) is 1.74. The number of hydrogen-bond acceptors (Lipinski definition) is 3. The highest BCUT2D eigenvalue weighted by Crippen LogP contribution is 2.44. The molecule has 1 fully saturated rings. The summed E-state index contributed by atoms with van der Waals surface area (Å²) in [6.07, 6.45) is 5.40. The standard InChI is InChI=1S/C14H20OS2/c1-15-12-6-2-3-7-13(12)17-11-14(10-16)8-4-5-9-14/h2-3,6-7,16H,4-5,8-11H2,1H3. The molecule has 1 aliphatic rings. The van der Waals surface area contributed by atoms with Crippen LogP contribution in [0.1, 0.15) is 25.7 Å². The van der Waals surface area contributed by atoms with Crippen molar-refractivity contribution in [1.29, 1.82) is 0 Å². The van der Waals surface area contributed by atoms with Crippen molar-refractivity contribution in [1.82, 2.24) is 0 Å². The summed E-state index contributed by atoms with van der Waals surface area (Å²) >= 11 is 6.47. The molecule has 3 heteroatoms. The van der Waals surface area contributed by atoms with Gasteiger partial charge in [-0.15, -0.1) is 11.8 Å². The summed E-state index contributed by atoms with van der Waals surface area (Å²) in [6.45, 7) is 0. The van der Waals surface area contributed by atoms with E-state index in [1.54, 1.807) is 7.11 Å². The third-order valence-corrected chi connectivity index (χ3v) is 5.68. The van der Waals surface area contributed by atoms with E-state index in [1.165, 1.54) is 30.6 Å². The molecule has 1 aromatic rings. The fourth-order valence-corrected chi connectivity index (χ4v) is 4.34. The van der Waals surface area contributed by atoms with Crippen molar-refractivity contribution in [3.05, 3.63) is 24.3 Å². The van der Waals surface area contributed by atoms with E-state index in [0.29, 0.717) is 5.41 Å². The zero-order valence-electron chi connectivity index (χ0n) is 10.3. The minimum absolute atomic E-state index is 0.453. The van der Waals surface area contributed by atoms with E-state index in [-0.39, 0.29) is 0 Å². The molecule has 1 aliphatic carbocycles. The first-order valence-corrected chi connectivity index (χ1v) is 7.78. The number of methoxy groups -OCH3 is 1. The Kier molecular flexibility index (Phi) is 4.69. The lowest BCUT2D eigenvalue weighted by atomic mass is 9.91. The maximum atomic E-state index is 5.39. The van der Waals surface area contributed by atoms with Crippen LogP contribution >= 0.6 is 24.4 Å². The van der Waals surface area contributed by atoms with Crippen molar-refractivity contribution >= 4 is 24.4 Å². The maximum Gasteiger partial charge on any atom is 0.132 e. The Morgan fingerprint density at radius 1 is 1.29 bits per heavy atom. The fourth-order valence-electron chi connectivity index (χ4n) is 2.44.